The zero-order valence-corrected chi connectivity index (χ0v) is 23.6. The molecule has 1 heterocycles. The maximum atomic E-state index is 4.60. The molecule has 2 heteroatoms. The number of fused-ring (bicyclic) bond motifs is 3. The number of anilines is 1. The Balaban J connectivity index is 1.65. The Hall–Kier alpha value is -4.56. The minimum atomic E-state index is -0.124. The molecule has 0 aliphatic heterocycles. The zero-order chi connectivity index (χ0) is 27.6. The first-order valence-corrected chi connectivity index (χ1v) is 14.3. The molecule has 0 amide bonds. The van der Waals surface area contributed by atoms with Gasteiger partial charge in [-0.2, -0.15) is 0 Å². The van der Waals surface area contributed by atoms with E-state index in [4.69, 9.17) is 0 Å². The molecular weight excluding hydrogens is 484 g/mol. The van der Waals surface area contributed by atoms with Gasteiger partial charge in [-0.15, -0.1) is 0 Å². The topological polar surface area (TPSA) is 15.9 Å². The Kier molecular flexibility index (Phi) is 7.00. The number of aryl methyl sites for hydroxylation is 1. The number of nitrogens with one attached hydrogen (secondary N) is 1. The number of aromatic nitrogens is 1. The van der Waals surface area contributed by atoms with Crippen molar-refractivity contribution in [1.82, 2.24) is 0 Å². The van der Waals surface area contributed by atoms with Crippen LogP contribution in [0.3, 0.4) is 0 Å². The van der Waals surface area contributed by atoms with Gasteiger partial charge in [0.25, 0.3) is 0 Å². The average molecular weight is 521 g/mol. The Morgan fingerprint density at radius 1 is 0.675 bits per heavy atom. The molecule has 1 N–H and O–H groups in total. The lowest BCUT2D eigenvalue weighted by Crippen LogP contribution is -2.38. The molecule has 1 unspecified atom stereocenters. The number of nitrogens with zero attached hydrogens (tertiary/aromatic N) is 1. The van der Waals surface area contributed by atoms with Crippen molar-refractivity contribution in [1.29, 1.82) is 0 Å². The van der Waals surface area contributed by atoms with E-state index in [2.05, 4.69) is 159 Å². The predicted octanol–water partition coefficient (Wildman–Crippen LogP) is 9.47. The van der Waals surface area contributed by atoms with Crippen molar-refractivity contribution in [3.8, 4) is 11.3 Å². The standard InChI is InChI=1S/C38H36N2/c1-5-27-18-13-22-30(26(2)3)37(27)39-38(36-24-14-23-35(40(36)4)28-15-7-6-8-16-28)34-25-29-17-9-10-19-31(29)32-20-11-12-21-33(32)34/h6-26,38-39H,4-5H2,1-3H3. The summed E-state index contributed by atoms with van der Waals surface area (Å²) in [5.41, 5.74) is 8.49. The van der Waals surface area contributed by atoms with Crippen LogP contribution in [0, 0.1) is 7.05 Å². The Bertz CT molecular complexity index is 1800. The second kappa shape index (κ2) is 10.9. The van der Waals surface area contributed by atoms with Gasteiger partial charge in [-0.25, -0.2) is 0 Å². The molecule has 0 aliphatic carbocycles. The smallest absolute Gasteiger partial charge is 0.112 e. The first kappa shape index (κ1) is 25.7. The normalized spacial score (nSPS) is 12.2. The SMILES string of the molecule is [CH2-][n+]1c(-c2ccccc2)cccc1C(Nc1c(CC)cccc1C(C)C)c1cc2ccccc2c2ccccc12. The van der Waals surface area contributed by atoms with Gasteiger partial charge in [-0.3, -0.25) is 0 Å². The van der Waals surface area contributed by atoms with Crippen molar-refractivity contribution in [2.45, 2.75) is 39.2 Å². The summed E-state index contributed by atoms with van der Waals surface area (Å²) in [6, 6.07) is 43.5. The lowest BCUT2D eigenvalue weighted by atomic mass is 9.90. The summed E-state index contributed by atoms with van der Waals surface area (Å²) in [6.07, 6.45) is 0.961. The minimum Gasteiger partial charge on any atom is -0.379 e. The maximum Gasteiger partial charge on any atom is 0.112 e. The third-order valence-corrected chi connectivity index (χ3v) is 8.07. The van der Waals surface area contributed by atoms with E-state index in [1.54, 1.807) is 0 Å². The molecule has 198 valence electrons. The van der Waals surface area contributed by atoms with Gasteiger partial charge >= 0.3 is 0 Å². The molecule has 2 nitrogen and oxygen atoms in total. The fourth-order valence-corrected chi connectivity index (χ4v) is 6.02. The van der Waals surface area contributed by atoms with Gasteiger partial charge in [-0.05, 0) is 68.3 Å². The zero-order valence-electron chi connectivity index (χ0n) is 23.6. The van der Waals surface area contributed by atoms with Crippen molar-refractivity contribution >= 4 is 27.2 Å². The Morgan fingerprint density at radius 2 is 1.35 bits per heavy atom. The number of pyridine rings is 1. The first-order chi connectivity index (χ1) is 19.6. The number of hydrogen-bond donors (Lipinski definition) is 1. The molecular formula is C38H36N2. The molecule has 0 saturated heterocycles. The van der Waals surface area contributed by atoms with Crippen LogP contribution < -0.4 is 9.88 Å². The third-order valence-electron chi connectivity index (χ3n) is 8.07. The fourth-order valence-electron chi connectivity index (χ4n) is 6.02. The average Bonchev–Trinajstić information content (AvgIpc) is 3.00. The minimum absolute atomic E-state index is 0.124. The van der Waals surface area contributed by atoms with E-state index in [0.29, 0.717) is 5.92 Å². The van der Waals surface area contributed by atoms with Gasteiger partial charge in [0.1, 0.15) is 11.4 Å². The van der Waals surface area contributed by atoms with Crippen molar-refractivity contribution in [3.63, 3.8) is 0 Å². The van der Waals surface area contributed by atoms with Crippen LogP contribution in [0.1, 0.15) is 55.1 Å². The Labute approximate surface area is 238 Å². The Morgan fingerprint density at radius 3 is 2.10 bits per heavy atom. The van der Waals surface area contributed by atoms with Crippen molar-refractivity contribution in [2.75, 3.05) is 5.32 Å². The second-order valence-electron chi connectivity index (χ2n) is 10.8. The highest BCUT2D eigenvalue weighted by atomic mass is 15.0. The molecule has 1 aromatic heterocycles. The lowest BCUT2D eigenvalue weighted by molar-refractivity contribution is -0.610. The highest BCUT2D eigenvalue weighted by Gasteiger charge is 2.24. The molecule has 0 bridgehead atoms. The number of para-hydroxylation sites is 1. The molecule has 0 aliphatic rings. The van der Waals surface area contributed by atoms with Crippen LogP contribution in [0.2, 0.25) is 0 Å². The molecule has 0 spiro atoms. The van der Waals surface area contributed by atoms with E-state index in [1.807, 2.05) is 0 Å². The quantitative estimate of drug-likeness (QED) is 0.126. The van der Waals surface area contributed by atoms with Gasteiger partial charge in [0, 0.05) is 12.7 Å². The monoisotopic (exact) mass is 520 g/mol. The second-order valence-corrected chi connectivity index (χ2v) is 10.8. The van der Waals surface area contributed by atoms with Crippen molar-refractivity contribution in [3.05, 3.63) is 151 Å². The summed E-state index contributed by atoms with van der Waals surface area (Å²) in [5, 5.41) is 9.14. The van der Waals surface area contributed by atoms with Gasteiger partial charge in [0.05, 0.1) is 6.04 Å². The summed E-state index contributed by atoms with van der Waals surface area (Å²) in [5.74, 6) is 0.394. The van der Waals surface area contributed by atoms with Crippen molar-refractivity contribution < 1.29 is 4.57 Å². The van der Waals surface area contributed by atoms with Crippen LogP contribution in [-0.4, -0.2) is 0 Å². The van der Waals surface area contributed by atoms with Crippen LogP contribution in [0.5, 0.6) is 0 Å². The third kappa shape index (κ3) is 4.60. The van der Waals surface area contributed by atoms with E-state index in [-0.39, 0.29) is 6.04 Å². The number of hydrogen-bond acceptors (Lipinski definition) is 1. The molecule has 6 aromatic rings. The summed E-state index contributed by atoms with van der Waals surface area (Å²) < 4.78 is 2.11. The van der Waals surface area contributed by atoms with Crippen LogP contribution in [0.15, 0.2) is 121 Å². The van der Waals surface area contributed by atoms with E-state index in [1.165, 1.54) is 43.9 Å². The van der Waals surface area contributed by atoms with Gasteiger partial charge in [0.2, 0.25) is 0 Å². The molecule has 40 heavy (non-hydrogen) atoms. The molecule has 6 rings (SSSR count). The van der Waals surface area contributed by atoms with E-state index >= 15 is 0 Å². The van der Waals surface area contributed by atoms with Crippen LogP contribution in [-0.2, 0) is 6.42 Å². The molecule has 0 fully saturated rings. The summed E-state index contributed by atoms with van der Waals surface area (Å²) >= 11 is 0. The fraction of sp³-hybridized carbons (Fsp3) is 0.158. The van der Waals surface area contributed by atoms with Gasteiger partial charge in [-0.1, -0.05) is 130 Å². The van der Waals surface area contributed by atoms with Crippen molar-refractivity contribution in [2.24, 2.45) is 0 Å². The lowest BCUT2D eigenvalue weighted by Gasteiger charge is -2.29. The number of rotatable bonds is 7. The first-order valence-electron chi connectivity index (χ1n) is 14.3. The molecule has 0 saturated carbocycles. The summed E-state index contributed by atoms with van der Waals surface area (Å²) in [7, 11) is 4.60. The van der Waals surface area contributed by atoms with E-state index < -0.39 is 0 Å². The predicted molar refractivity (Wildman–Crippen MR) is 170 cm³/mol. The largest absolute Gasteiger partial charge is 0.379 e. The van der Waals surface area contributed by atoms with Gasteiger partial charge < -0.3 is 9.88 Å². The van der Waals surface area contributed by atoms with Crippen LogP contribution in [0.25, 0.3) is 32.8 Å². The van der Waals surface area contributed by atoms with Gasteiger partial charge in [0.15, 0.2) is 0 Å². The molecule has 5 aromatic carbocycles. The van der Waals surface area contributed by atoms with E-state index in [9.17, 15) is 0 Å². The maximum absolute atomic E-state index is 4.60. The number of benzene rings is 5. The van der Waals surface area contributed by atoms with E-state index in [0.717, 1.165) is 23.4 Å². The summed E-state index contributed by atoms with van der Waals surface area (Å²) in [6.45, 7) is 6.79. The van der Waals surface area contributed by atoms with Crippen LogP contribution >= 0.6 is 0 Å². The highest BCUT2D eigenvalue weighted by molar-refractivity contribution is 6.09. The molecule has 0 radical (unpaired) electrons. The highest BCUT2D eigenvalue weighted by Crippen LogP contribution is 2.38. The summed E-state index contributed by atoms with van der Waals surface area (Å²) in [4.78, 5) is 0. The van der Waals surface area contributed by atoms with Crippen LogP contribution in [0.4, 0.5) is 5.69 Å². The molecule has 1 atom stereocenters.